The van der Waals surface area contributed by atoms with E-state index in [9.17, 15) is 18.0 Å². The van der Waals surface area contributed by atoms with Crippen LogP contribution in [0.25, 0.3) is 0 Å². The van der Waals surface area contributed by atoms with Gasteiger partial charge in [-0.2, -0.15) is 4.31 Å². The number of hydrogen-bond donors (Lipinski definition) is 0. The fourth-order valence-corrected chi connectivity index (χ4v) is 5.82. The van der Waals surface area contributed by atoms with Crippen LogP contribution < -0.4 is 0 Å². The van der Waals surface area contributed by atoms with E-state index in [1.807, 2.05) is 0 Å². The van der Waals surface area contributed by atoms with Crippen LogP contribution in [0, 0.1) is 5.92 Å². The molecule has 0 spiro atoms. The molecule has 1 aromatic carbocycles. The maximum Gasteiger partial charge on any atom is 0.338 e. The van der Waals surface area contributed by atoms with Crippen molar-refractivity contribution < 1.29 is 22.7 Å². The molecule has 0 bridgehead atoms. The Kier molecular flexibility index (Phi) is 7.75. The Labute approximate surface area is 185 Å². The molecule has 172 valence electrons. The first-order valence-electron chi connectivity index (χ1n) is 11.3. The number of sulfonamides is 1. The van der Waals surface area contributed by atoms with E-state index < -0.39 is 22.1 Å². The Morgan fingerprint density at radius 3 is 2.39 bits per heavy atom. The molecule has 1 heterocycles. The molecule has 3 rings (SSSR count). The number of piperidine rings is 1. The number of likely N-dealkylation sites (tertiary alicyclic amines) is 1. The van der Waals surface area contributed by atoms with Crippen LogP contribution in [0.5, 0.6) is 0 Å². The Morgan fingerprint density at radius 1 is 1.10 bits per heavy atom. The summed E-state index contributed by atoms with van der Waals surface area (Å²) in [7, 11) is -2.10. The van der Waals surface area contributed by atoms with E-state index >= 15 is 0 Å². The van der Waals surface area contributed by atoms with E-state index in [1.165, 1.54) is 28.6 Å². The van der Waals surface area contributed by atoms with Gasteiger partial charge in [0.25, 0.3) is 5.91 Å². The third kappa shape index (κ3) is 5.66. The number of benzene rings is 1. The van der Waals surface area contributed by atoms with Gasteiger partial charge < -0.3 is 9.64 Å². The van der Waals surface area contributed by atoms with Gasteiger partial charge in [-0.1, -0.05) is 32.3 Å². The van der Waals surface area contributed by atoms with Crippen molar-refractivity contribution in [3.63, 3.8) is 0 Å². The quantitative estimate of drug-likeness (QED) is 0.620. The predicted octanol–water partition coefficient (Wildman–Crippen LogP) is 3.44. The third-order valence-electron chi connectivity index (χ3n) is 6.56. The lowest BCUT2D eigenvalue weighted by Crippen LogP contribution is -2.44. The minimum Gasteiger partial charge on any atom is -0.449 e. The number of hydrogen-bond acceptors (Lipinski definition) is 5. The summed E-state index contributed by atoms with van der Waals surface area (Å²) < 4.78 is 33.0. The molecule has 1 atom stereocenters. The number of ether oxygens (including phenoxy) is 1. The average molecular weight is 451 g/mol. The Balaban J connectivity index is 1.67. The van der Waals surface area contributed by atoms with Crippen LogP contribution in [0.2, 0.25) is 0 Å². The molecule has 0 N–H and O–H groups in total. The zero-order chi connectivity index (χ0) is 22.6. The zero-order valence-electron chi connectivity index (χ0n) is 18.7. The lowest BCUT2D eigenvalue weighted by Gasteiger charge is -2.32. The monoisotopic (exact) mass is 450 g/mol. The van der Waals surface area contributed by atoms with Crippen LogP contribution in [0.3, 0.4) is 0 Å². The normalized spacial score (nSPS) is 19.9. The smallest absolute Gasteiger partial charge is 0.338 e. The van der Waals surface area contributed by atoms with Gasteiger partial charge in [0.05, 0.1) is 10.5 Å². The molecule has 1 amide bonds. The van der Waals surface area contributed by atoms with Crippen LogP contribution in [0.4, 0.5) is 0 Å². The molecule has 1 saturated heterocycles. The lowest BCUT2D eigenvalue weighted by atomic mass is 9.96. The first-order chi connectivity index (χ1) is 14.7. The zero-order valence-corrected chi connectivity index (χ0v) is 19.6. The second-order valence-electron chi connectivity index (χ2n) is 8.90. The topological polar surface area (TPSA) is 84.0 Å². The van der Waals surface area contributed by atoms with Gasteiger partial charge >= 0.3 is 5.97 Å². The predicted molar refractivity (Wildman–Crippen MR) is 118 cm³/mol. The summed E-state index contributed by atoms with van der Waals surface area (Å²) in [4.78, 5) is 27.1. The fourth-order valence-electron chi connectivity index (χ4n) is 4.36. The standard InChI is InChI=1S/C23H34N2O5S/c1-17-12-14-25(15-13-17)22(26)18(2)30-23(27)19-8-7-11-21(16-19)31(28,29)24(3)20-9-5-4-6-10-20/h7-8,11,16-18,20H,4-6,9-10,12-15H2,1-3H3/t18-/m0/s1. The maximum absolute atomic E-state index is 13.1. The van der Waals surface area contributed by atoms with Crippen LogP contribution >= 0.6 is 0 Å². The van der Waals surface area contributed by atoms with E-state index in [1.54, 1.807) is 18.9 Å². The highest BCUT2D eigenvalue weighted by Crippen LogP contribution is 2.27. The molecule has 8 heteroatoms. The van der Waals surface area contributed by atoms with Gasteiger partial charge in [0.15, 0.2) is 6.10 Å². The van der Waals surface area contributed by atoms with Crippen molar-refractivity contribution >= 4 is 21.9 Å². The minimum atomic E-state index is -3.71. The molecule has 7 nitrogen and oxygen atoms in total. The Hall–Kier alpha value is -1.93. The maximum atomic E-state index is 13.1. The molecule has 0 aromatic heterocycles. The number of carbonyl (C=O) groups excluding carboxylic acids is 2. The number of amides is 1. The highest BCUT2D eigenvalue weighted by atomic mass is 32.2. The first kappa shape index (κ1) is 23.7. The largest absolute Gasteiger partial charge is 0.449 e. The second kappa shape index (κ2) is 10.1. The van der Waals surface area contributed by atoms with Crippen LogP contribution in [-0.2, 0) is 19.6 Å². The third-order valence-corrected chi connectivity index (χ3v) is 8.47. The number of carbonyl (C=O) groups is 2. The number of nitrogens with zero attached hydrogens (tertiary/aromatic N) is 2. The molecule has 1 saturated carbocycles. The molecular weight excluding hydrogens is 416 g/mol. The highest BCUT2D eigenvalue weighted by Gasteiger charge is 2.30. The van der Waals surface area contributed by atoms with Crippen molar-refractivity contribution in [2.75, 3.05) is 20.1 Å². The molecule has 1 aromatic rings. The van der Waals surface area contributed by atoms with Gasteiger partial charge in [0.1, 0.15) is 0 Å². The summed E-state index contributed by atoms with van der Waals surface area (Å²) in [5.74, 6) is -0.303. The highest BCUT2D eigenvalue weighted by molar-refractivity contribution is 7.89. The van der Waals surface area contributed by atoms with Crippen molar-refractivity contribution in [2.45, 2.75) is 75.8 Å². The van der Waals surface area contributed by atoms with Gasteiger partial charge in [-0.25, -0.2) is 13.2 Å². The van der Waals surface area contributed by atoms with Crippen LogP contribution in [0.1, 0.15) is 69.2 Å². The Morgan fingerprint density at radius 2 is 1.74 bits per heavy atom. The van der Waals surface area contributed by atoms with E-state index in [-0.39, 0.29) is 22.4 Å². The molecule has 1 aliphatic carbocycles. The molecule has 0 radical (unpaired) electrons. The van der Waals surface area contributed by atoms with Crippen molar-refractivity contribution in [3.8, 4) is 0 Å². The van der Waals surface area contributed by atoms with Gasteiger partial charge in [0, 0.05) is 26.2 Å². The number of rotatable bonds is 6. The summed E-state index contributed by atoms with van der Waals surface area (Å²) in [5, 5.41) is 0. The average Bonchev–Trinajstić information content (AvgIpc) is 2.79. The van der Waals surface area contributed by atoms with E-state index in [0.717, 1.165) is 44.9 Å². The van der Waals surface area contributed by atoms with Gasteiger partial charge in [-0.3, -0.25) is 4.79 Å². The molecule has 31 heavy (non-hydrogen) atoms. The van der Waals surface area contributed by atoms with E-state index in [2.05, 4.69) is 6.92 Å². The summed E-state index contributed by atoms with van der Waals surface area (Å²) in [6, 6.07) is 5.88. The van der Waals surface area contributed by atoms with Crippen molar-refractivity contribution in [3.05, 3.63) is 29.8 Å². The summed E-state index contributed by atoms with van der Waals surface area (Å²) in [6.07, 6.45) is 5.88. The second-order valence-corrected chi connectivity index (χ2v) is 10.9. The molecule has 2 fully saturated rings. The van der Waals surface area contributed by atoms with Gasteiger partial charge in [-0.05, 0) is 56.7 Å². The van der Waals surface area contributed by atoms with E-state index in [4.69, 9.17) is 4.74 Å². The SMILES string of the molecule is CC1CCN(C(=O)[C@H](C)OC(=O)c2cccc(S(=O)(=O)N(C)C3CCCCC3)c2)CC1. The summed E-state index contributed by atoms with van der Waals surface area (Å²) in [6.45, 7) is 5.07. The first-order valence-corrected chi connectivity index (χ1v) is 12.7. The molecule has 2 aliphatic rings. The summed E-state index contributed by atoms with van der Waals surface area (Å²) >= 11 is 0. The van der Waals surface area contributed by atoms with Gasteiger partial charge in [-0.15, -0.1) is 0 Å². The number of esters is 1. The molecule has 0 unspecified atom stereocenters. The summed E-state index contributed by atoms with van der Waals surface area (Å²) in [5.41, 5.74) is 0.130. The molecular formula is C23H34N2O5S. The van der Waals surface area contributed by atoms with Crippen LogP contribution in [-0.4, -0.2) is 61.8 Å². The van der Waals surface area contributed by atoms with Crippen molar-refractivity contribution in [2.24, 2.45) is 5.92 Å². The van der Waals surface area contributed by atoms with E-state index in [0.29, 0.717) is 19.0 Å². The molecule has 1 aliphatic heterocycles. The fraction of sp³-hybridized carbons (Fsp3) is 0.652. The van der Waals surface area contributed by atoms with Crippen LogP contribution in [0.15, 0.2) is 29.2 Å². The Bertz CT molecular complexity index is 887. The van der Waals surface area contributed by atoms with Gasteiger partial charge in [0.2, 0.25) is 10.0 Å². The van der Waals surface area contributed by atoms with Crippen molar-refractivity contribution in [1.82, 2.24) is 9.21 Å². The van der Waals surface area contributed by atoms with Crippen molar-refractivity contribution in [1.29, 1.82) is 0 Å². The lowest BCUT2D eigenvalue weighted by molar-refractivity contribution is -0.141. The minimum absolute atomic E-state index is 0.0146.